The lowest BCUT2D eigenvalue weighted by molar-refractivity contribution is 0.109. The van der Waals surface area contributed by atoms with Crippen LogP contribution >= 0.6 is 0 Å². The van der Waals surface area contributed by atoms with Crippen LogP contribution in [0.4, 0.5) is 11.5 Å². The number of nitrogens with one attached hydrogen (secondary N) is 1. The van der Waals surface area contributed by atoms with Crippen LogP contribution in [0, 0.1) is 0 Å². The molecule has 1 aromatic rings. The topological polar surface area (TPSA) is 72.6 Å². The van der Waals surface area contributed by atoms with E-state index in [9.17, 15) is 0 Å². The molecule has 2 aliphatic rings. The van der Waals surface area contributed by atoms with Crippen molar-refractivity contribution in [1.82, 2.24) is 10.3 Å². The lowest BCUT2D eigenvalue weighted by atomic mass is 10.3. The highest BCUT2D eigenvalue weighted by molar-refractivity contribution is 5.52. The largest absolute Gasteiger partial charge is 0.384 e. The Bertz CT molecular complexity index is 354. The maximum Gasteiger partial charge on any atom is 0.125 e. The number of hydrogen-bond acceptors (Lipinski definition) is 6. The van der Waals surface area contributed by atoms with Gasteiger partial charge in [-0.05, 0) is 6.07 Å². The molecule has 3 N–H and O–H groups in total. The Morgan fingerprint density at radius 2 is 1.79 bits per heavy atom. The lowest BCUT2D eigenvalue weighted by Crippen LogP contribution is -2.36. The smallest absolute Gasteiger partial charge is 0.125 e. The first-order chi connectivity index (χ1) is 9.36. The molecule has 2 aliphatic heterocycles. The minimum absolute atomic E-state index is 0.573. The summed E-state index contributed by atoms with van der Waals surface area (Å²) < 4.78 is 10.3. The third kappa shape index (κ3) is 5.02. The van der Waals surface area contributed by atoms with E-state index < -0.39 is 0 Å². The summed E-state index contributed by atoms with van der Waals surface area (Å²) in [6, 6.07) is 3.87. The average molecular weight is 266 g/mol. The first-order valence-corrected chi connectivity index (χ1v) is 6.69. The van der Waals surface area contributed by atoms with Crippen LogP contribution in [0.15, 0.2) is 18.3 Å². The fraction of sp³-hybridized carbons (Fsp3) is 0.615. The molecule has 0 aromatic carbocycles. The van der Waals surface area contributed by atoms with Gasteiger partial charge in [0.15, 0.2) is 0 Å². The molecule has 3 heterocycles. The summed E-state index contributed by atoms with van der Waals surface area (Å²) in [6.45, 7) is 7.29. The van der Waals surface area contributed by atoms with Gasteiger partial charge in [-0.2, -0.15) is 0 Å². The van der Waals surface area contributed by atoms with Gasteiger partial charge in [0.1, 0.15) is 5.82 Å². The van der Waals surface area contributed by atoms with Gasteiger partial charge in [0, 0.05) is 44.1 Å². The summed E-state index contributed by atoms with van der Waals surface area (Å²) in [5.41, 5.74) is 6.73. The monoisotopic (exact) mass is 266 g/mol. The molecule has 0 atom stereocenters. The molecule has 1 aromatic heterocycles. The Balaban J connectivity index is 0.000000186. The number of aromatic nitrogens is 1. The predicted octanol–water partition coefficient (Wildman–Crippen LogP) is 0.107. The standard InChI is InChI=1S/C9H13N3O.C4H9NO/c10-9-7-8(1-2-11-9)12-3-5-13-6-4-12;1-3-6-4-2-5-1/h1-2,7H,3-6H2,(H2,10,11);5H,1-4H2. The van der Waals surface area contributed by atoms with Crippen LogP contribution in [0.2, 0.25) is 0 Å². The summed E-state index contributed by atoms with van der Waals surface area (Å²) in [4.78, 5) is 6.21. The Kier molecular flexibility index (Phi) is 5.87. The van der Waals surface area contributed by atoms with Crippen molar-refractivity contribution in [2.24, 2.45) is 0 Å². The Hall–Kier alpha value is -1.37. The van der Waals surface area contributed by atoms with E-state index in [1.165, 1.54) is 0 Å². The first-order valence-electron chi connectivity index (χ1n) is 6.69. The third-order valence-corrected chi connectivity index (χ3v) is 2.99. The number of nitrogens with zero attached hydrogens (tertiary/aromatic N) is 2. The van der Waals surface area contributed by atoms with E-state index in [1.807, 2.05) is 12.1 Å². The summed E-state index contributed by atoms with van der Waals surface area (Å²) in [5, 5.41) is 3.16. The summed E-state index contributed by atoms with van der Waals surface area (Å²) in [5.74, 6) is 0.573. The molecule has 0 aliphatic carbocycles. The Labute approximate surface area is 113 Å². The van der Waals surface area contributed by atoms with Gasteiger partial charge >= 0.3 is 0 Å². The quantitative estimate of drug-likeness (QED) is 0.751. The number of rotatable bonds is 1. The van der Waals surface area contributed by atoms with Crippen molar-refractivity contribution in [3.05, 3.63) is 18.3 Å². The number of ether oxygens (including phenoxy) is 2. The van der Waals surface area contributed by atoms with Crippen LogP contribution in [0.5, 0.6) is 0 Å². The molecule has 6 nitrogen and oxygen atoms in total. The van der Waals surface area contributed by atoms with Crippen LogP contribution in [-0.4, -0.2) is 57.6 Å². The number of nitrogens with two attached hydrogens (primary N) is 1. The second-order valence-corrected chi connectivity index (χ2v) is 4.40. The molecule has 6 heteroatoms. The number of pyridine rings is 1. The maximum atomic E-state index is 5.60. The average Bonchev–Trinajstić information content (AvgIpc) is 2.51. The van der Waals surface area contributed by atoms with Crippen molar-refractivity contribution < 1.29 is 9.47 Å². The molecule has 0 bridgehead atoms. The molecular weight excluding hydrogens is 244 g/mol. The van der Waals surface area contributed by atoms with Crippen LogP contribution in [0.25, 0.3) is 0 Å². The molecule has 0 amide bonds. The first kappa shape index (κ1) is 14.0. The van der Waals surface area contributed by atoms with Gasteiger partial charge in [-0.25, -0.2) is 4.98 Å². The van der Waals surface area contributed by atoms with E-state index in [2.05, 4.69) is 15.2 Å². The Morgan fingerprint density at radius 3 is 2.32 bits per heavy atom. The van der Waals surface area contributed by atoms with Gasteiger partial charge in [0.2, 0.25) is 0 Å². The molecule has 0 unspecified atom stereocenters. The number of anilines is 2. The zero-order chi connectivity index (χ0) is 13.3. The highest BCUT2D eigenvalue weighted by Gasteiger charge is 2.10. The van der Waals surface area contributed by atoms with Crippen molar-refractivity contribution in [3.63, 3.8) is 0 Å². The van der Waals surface area contributed by atoms with Gasteiger partial charge in [-0.3, -0.25) is 0 Å². The number of nitrogen functional groups attached to an aromatic ring is 1. The van der Waals surface area contributed by atoms with E-state index in [1.54, 1.807) is 6.20 Å². The van der Waals surface area contributed by atoms with E-state index in [0.717, 1.165) is 58.3 Å². The van der Waals surface area contributed by atoms with Crippen LogP contribution < -0.4 is 16.0 Å². The van der Waals surface area contributed by atoms with Crippen LogP contribution in [-0.2, 0) is 9.47 Å². The zero-order valence-corrected chi connectivity index (χ0v) is 11.2. The van der Waals surface area contributed by atoms with Gasteiger partial charge in [-0.15, -0.1) is 0 Å². The van der Waals surface area contributed by atoms with Crippen molar-refractivity contribution in [1.29, 1.82) is 0 Å². The Morgan fingerprint density at radius 1 is 1.11 bits per heavy atom. The maximum absolute atomic E-state index is 5.60. The zero-order valence-electron chi connectivity index (χ0n) is 11.2. The molecule has 106 valence electrons. The number of morpholine rings is 2. The SMILES string of the molecule is C1COCCN1.Nc1cc(N2CCOCC2)ccn1. The molecule has 2 saturated heterocycles. The normalized spacial score (nSPS) is 19.5. The lowest BCUT2D eigenvalue weighted by Gasteiger charge is -2.28. The molecular formula is C13H22N4O2. The van der Waals surface area contributed by atoms with Crippen LogP contribution in [0.3, 0.4) is 0 Å². The van der Waals surface area contributed by atoms with Crippen molar-refractivity contribution in [2.75, 3.05) is 63.2 Å². The third-order valence-electron chi connectivity index (χ3n) is 2.99. The van der Waals surface area contributed by atoms with E-state index >= 15 is 0 Å². The molecule has 3 rings (SSSR count). The van der Waals surface area contributed by atoms with Crippen molar-refractivity contribution in [2.45, 2.75) is 0 Å². The fourth-order valence-corrected chi connectivity index (χ4v) is 1.97. The molecule has 0 radical (unpaired) electrons. The van der Waals surface area contributed by atoms with Gasteiger partial charge < -0.3 is 25.4 Å². The van der Waals surface area contributed by atoms with Gasteiger partial charge in [0.25, 0.3) is 0 Å². The highest BCUT2D eigenvalue weighted by atomic mass is 16.5. The minimum atomic E-state index is 0.573. The second kappa shape index (κ2) is 7.93. The van der Waals surface area contributed by atoms with Gasteiger partial charge in [-0.1, -0.05) is 0 Å². The van der Waals surface area contributed by atoms with Crippen LogP contribution in [0.1, 0.15) is 0 Å². The van der Waals surface area contributed by atoms with E-state index in [0.29, 0.717) is 5.82 Å². The van der Waals surface area contributed by atoms with E-state index in [4.69, 9.17) is 15.2 Å². The minimum Gasteiger partial charge on any atom is -0.384 e. The summed E-state index contributed by atoms with van der Waals surface area (Å²) in [6.07, 6.45) is 1.74. The van der Waals surface area contributed by atoms with Crippen molar-refractivity contribution in [3.8, 4) is 0 Å². The fourth-order valence-electron chi connectivity index (χ4n) is 1.97. The summed E-state index contributed by atoms with van der Waals surface area (Å²) in [7, 11) is 0. The van der Waals surface area contributed by atoms with Crippen molar-refractivity contribution >= 4 is 11.5 Å². The van der Waals surface area contributed by atoms with E-state index in [-0.39, 0.29) is 0 Å². The summed E-state index contributed by atoms with van der Waals surface area (Å²) >= 11 is 0. The second-order valence-electron chi connectivity index (χ2n) is 4.40. The molecule has 0 spiro atoms. The molecule has 0 saturated carbocycles. The highest BCUT2D eigenvalue weighted by Crippen LogP contribution is 2.16. The predicted molar refractivity (Wildman–Crippen MR) is 75.4 cm³/mol. The van der Waals surface area contributed by atoms with Gasteiger partial charge in [0.05, 0.1) is 26.4 Å². The number of hydrogen-bond donors (Lipinski definition) is 2. The molecule has 2 fully saturated rings. The molecule has 19 heavy (non-hydrogen) atoms.